The van der Waals surface area contributed by atoms with Crippen molar-refractivity contribution >= 4 is 43.4 Å². The summed E-state index contributed by atoms with van der Waals surface area (Å²) < 4.78 is 11.7. The van der Waals surface area contributed by atoms with Gasteiger partial charge in [-0.2, -0.15) is 4.98 Å². The van der Waals surface area contributed by atoms with Crippen LogP contribution in [0.1, 0.15) is 39.5 Å². The molecule has 2 aromatic heterocycles. The zero-order chi connectivity index (χ0) is 20.5. The number of nitrogens with zero attached hydrogens (tertiary/aromatic N) is 3. The quantitative estimate of drug-likeness (QED) is 0.494. The first-order valence-electron chi connectivity index (χ1n) is 9.40. The van der Waals surface area contributed by atoms with Crippen LogP contribution >= 0.6 is 27.3 Å². The maximum atomic E-state index is 13.5. The van der Waals surface area contributed by atoms with E-state index in [9.17, 15) is 4.79 Å². The molecule has 0 N–H and O–H groups in total. The van der Waals surface area contributed by atoms with Gasteiger partial charge in [0.05, 0.1) is 17.4 Å². The topological polar surface area (TPSA) is 64.6 Å². The predicted molar refractivity (Wildman–Crippen MR) is 116 cm³/mol. The van der Waals surface area contributed by atoms with Crippen molar-refractivity contribution < 1.29 is 14.3 Å². The first kappa shape index (κ1) is 20.3. The van der Waals surface area contributed by atoms with Crippen molar-refractivity contribution in [2.45, 2.75) is 39.0 Å². The third kappa shape index (κ3) is 4.15. The lowest BCUT2D eigenvalue weighted by molar-refractivity contribution is 0.0734. The average molecular weight is 476 g/mol. The first-order valence-corrected chi connectivity index (χ1v) is 11.0. The van der Waals surface area contributed by atoms with Gasteiger partial charge < -0.3 is 14.4 Å². The number of fused-ring (bicyclic) bond motifs is 1. The highest BCUT2D eigenvalue weighted by Gasteiger charge is 2.35. The molecule has 0 saturated heterocycles. The number of hydrogen-bond acceptors (Lipinski definition) is 6. The average Bonchev–Trinajstić information content (AvgIpc) is 3.49. The second-order valence-corrected chi connectivity index (χ2v) is 9.03. The van der Waals surface area contributed by atoms with Crippen molar-refractivity contribution in [3.05, 3.63) is 50.6 Å². The number of hydrogen-bond donors (Lipinski definition) is 0. The second-order valence-electron chi connectivity index (χ2n) is 7.11. The molecule has 152 valence electrons. The summed E-state index contributed by atoms with van der Waals surface area (Å²) in [5, 5.41) is 0.805. The Morgan fingerprint density at radius 3 is 2.76 bits per heavy atom. The molecule has 0 aliphatic heterocycles. The lowest BCUT2D eigenvalue weighted by Gasteiger charge is -2.22. The summed E-state index contributed by atoms with van der Waals surface area (Å²) in [5.41, 5.74) is 1.98. The Hall–Kier alpha value is -2.03. The second kappa shape index (κ2) is 8.38. The van der Waals surface area contributed by atoms with Gasteiger partial charge in [0.25, 0.3) is 5.91 Å². The Labute approximate surface area is 182 Å². The third-order valence-electron chi connectivity index (χ3n) is 4.95. The molecule has 4 rings (SSSR count). The summed E-state index contributed by atoms with van der Waals surface area (Å²) in [6, 6.07) is 8.40. The van der Waals surface area contributed by atoms with E-state index in [1.807, 2.05) is 24.0 Å². The number of benzene rings is 1. The molecule has 0 unspecified atom stereocenters. The minimum Gasteiger partial charge on any atom is -0.480 e. The van der Waals surface area contributed by atoms with Gasteiger partial charge in [-0.05, 0) is 43.0 Å². The summed E-state index contributed by atoms with van der Waals surface area (Å²) in [6.07, 6.45) is 2.09. The summed E-state index contributed by atoms with van der Waals surface area (Å²) in [6.45, 7) is 2.83. The standard InChI is InChI=1S/C21H22BrN3O3S/c1-12-17-19(28-3)23-16(11-27-2)24-20(17)29-18(12)21(26)25(15-7-8-15)10-13-5-4-6-14(22)9-13/h4-6,9,15H,7-8,10-11H2,1-3H3. The number of rotatable bonds is 7. The highest BCUT2D eigenvalue weighted by molar-refractivity contribution is 9.10. The lowest BCUT2D eigenvalue weighted by Crippen LogP contribution is -2.32. The Morgan fingerprint density at radius 2 is 2.10 bits per heavy atom. The molecule has 2 heterocycles. The van der Waals surface area contributed by atoms with Crippen LogP contribution in [0.5, 0.6) is 5.88 Å². The van der Waals surface area contributed by atoms with Crippen LogP contribution in [0.25, 0.3) is 10.2 Å². The van der Waals surface area contributed by atoms with E-state index < -0.39 is 0 Å². The first-order chi connectivity index (χ1) is 14.0. The molecule has 1 fully saturated rings. The molecule has 29 heavy (non-hydrogen) atoms. The Kier molecular flexibility index (Phi) is 5.85. The van der Waals surface area contributed by atoms with Crippen LogP contribution in [-0.2, 0) is 17.9 Å². The highest BCUT2D eigenvalue weighted by atomic mass is 79.9. The van der Waals surface area contributed by atoms with Crippen LogP contribution in [0.4, 0.5) is 0 Å². The van der Waals surface area contributed by atoms with Crippen molar-refractivity contribution in [1.29, 1.82) is 0 Å². The molecule has 0 bridgehead atoms. The van der Waals surface area contributed by atoms with E-state index in [1.54, 1.807) is 14.2 Å². The zero-order valence-electron chi connectivity index (χ0n) is 16.6. The molecule has 1 saturated carbocycles. The normalized spacial score (nSPS) is 13.7. The van der Waals surface area contributed by atoms with Crippen molar-refractivity contribution in [2.75, 3.05) is 14.2 Å². The molecule has 0 spiro atoms. The van der Waals surface area contributed by atoms with E-state index in [2.05, 4.69) is 38.0 Å². The van der Waals surface area contributed by atoms with Gasteiger partial charge >= 0.3 is 0 Å². The van der Waals surface area contributed by atoms with E-state index in [0.29, 0.717) is 35.8 Å². The highest BCUT2D eigenvalue weighted by Crippen LogP contribution is 2.38. The molecule has 1 amide bonds. The fraction of sp³-hybridized carbons (Fsp3) is 0.381. The maximum absolute atomic E-state index is 13.5. The molecule has 8 heteroatoms. The fourth-order valence-corrected chi connectivity index (χ4v) is 5.00. The van der Waals surface area contributed by atoms with Crippen molar-refractivity contribution in [1.82, 2.24) is 14.9 Å². The summed E-state index contributed by atoms with van der Waals surface area (Å²) in [4.78, 5) is 26.0. The van der Waals surface area contributed by atoms with Gasteiger partial charge in [0, 0.05) is 24.2 Å². The van der Waals surface area contributed by atoms with Gasteiger partial charge in [-0.15, -0.1) is 11.3 Å². The van der Waals surface area contributed by atoms with E-state index in [-0.39, 0.29) is 5.91 Å². The number of aryl methyl sites for hydroxylation is 1. The molecule has 6 nitrogen and oxygen atoms in total. The molecule has 3 aromatic rings. The van der Waals surface area contributed by atoms with Gasteiger partial charge in [0.2, 0.25) is 5.88 Å². The largest absolute Gasteiger partial charge is 0.480 e. The van der Waals surface area contributed by atoms with Crippen LogP contribution in [0.2, 0.25) is 0 Å². The number of thiophene rings is 1. The maximum Gasteiger partial charge on any atom is 0.264 e. The smallest absolute Gasteiger partial charge is 0.264 e. The van der Waals surface area contributed by atoms with Crippen molar-refractivity contribution in [3.8, 4) is 5.88 Å². The number of carbonyl (C=O) groups is 1. The van der Waals surface area contributed by atoms with Crippen LogP contribution in [0.3, 0.4) is 0 Å². The number of halogens is 1. The van der Waals surface area contributed by atoms with Crippen LogP contribution in [0.15, 0.2) is 28.7 Å². The number of methoxy groups -OCH3 is 2. The van der Waals surface area contributed by atoms with Crippen LogP contribution in [0, 0.1) is 6.92 Å². The van der Waals surface area contributed by atoms with Gasteiger partial charge in [-0.25, -0.2) is 4.98 Å². The molecular weight excluding hydrogens is 454 g/mol. The monoisotopic (exact) mass is 475 g/mol. The lowest BCUT2D eigenvalue weighted by atomic mass is 10.1. The summed E-state index contributed by atoms with van der Waals surface area (Å²) in [7, 11) is 3.19. The summed E-state index contributed by atoms with van der Waals surface area (Å²) in [5.74, 6) is 1.08. The van der Waals surface area contributed by atoms with Crippen molar-refractivity contribution in [2.24, 2.45) is 0 Å². The molecule has 0 atom stereocenters. The molecular formula is C21H22BrN3O3S. The van der Waals surface area contributed by atoms with Crippen LogP contribution < -0.4 is 4.74 Å². The Bertz CT molecular complexity index is 1060. The fourth-order valence-electron chi connectivity index (χ4n) is 3.40. The number of carbonyl (C=O) groups excluding carboxylic acids is 1. The molecule has 1 aliphatic rings. The number of amides is 1. The molecule has 1 aliphatic carbocycles. The predicted octanol–water partition coefficient (Wildman–Crippen LogP) is 4.72. The minimum absolute atomic E-state index is 0.0447. The SMILES string of the molecule is COCc1nc(OC)c2c(C)c(C(=O)N(Cc3cccc(Br)c3)C3CC3)sc2n1. The van der Waals surface area contributed by atoms with Crippen LogP contribution in [-0.4, -0.2) is 41.0 Å². The van der Waals surface area contributed by atoms with E-state index in [0.717, 1.165) is 38.7 Å². The van der Waals surface area contributed by atoms with E-state index in [1.165, 1.54) is 11.3 Å². The zero-order valence-corrected chi connectivity index (χ0v) is 19.0. The van der Waals surface area contributed by atoms with Gasteiger partial charge in [0.1, 0.15) is 11.4 Å². The van der Waals surface area contributed by atoms with Gasteiger partial charge in [-0.1, -0.05) is 28.1 Å². The Morgan fingerprint density at radius 1 is 1.31 bits per heavy atom. The Balaban J connectivity index is 1.72. The minimum atomic E-state index is 0.0447. The van der Waals surface area contributed by atoms with Crippen molar-refractivity contribution in [3.63, 3.8) is 0 Å². The van der Waals surface area contributed by atoms with Gasteiger partial charge in [-0.3, -0.25) is 4.79 Å². The molecule has 1 aromatic carbocycles. The number of aromatic nitrogens is 2. The number of ether oxygens (including phenoxy) is 2. The van der Waals surface area contributed by atoms with E-state index in [4.69, 9.17) is 9.47 Å². The van der Waals surface area contributed by atoms with Gasteiger partial charge in [0.15, 0.2) is 5.82 Å². The van der Waals surface area contributed by atoms with E-state index >= 15 is 0 Å². The third-order valence-corrected chi connectivity index (χ3v) is 6.62. The summed E-state index contributed by atoms with van der Waals surface area (Å²) >= 11 is 4.92. The molecule has 0 radical (unpaired) electrons.